The van der Waals surface area contributed by atoms with Crippen molar-refractivity contribution in [3.05, 3.63) is 0 Å². The van der Waals surface area contributed by atoms with Crippen molar-refractivity contribution in [3.8, 4) is 0 Å². The summed E-state index contributed by atoms with van der Waals surface area (Å²) in [5.74, 6) is 0. The van der Waals surface area contributed by atoms with Crippen molar-refractivity contribution < 1.29 is 143 Å². The van der Waals surface area contributed by atoms with Crippen LogP contribution in [-0.4, -0.2) is 317 Å². The van der Waals surface area contributed by atoms with Crippen molar-refractivity contribution in [1.82, 2.24) is 9.80 Å². The molecule has 0 atom stereocenters. The van der Waals surface area contributed by atoms with Crippen LogP contribution in [0.3, 0.4) is 0 Å². The third-order valence-electron chi connectivity index (χ3n) is 4.20. The van der Waals surface area contributed by atoms with Gasteiger partial charge in [-0.05, 0) is 28.2 Å². The Bertz CT molecular complexity index is 633. The number of quaternary nitrogens is 4. The molecule has 0 heterocycles. The van der Waals surface area contributed by atoms with Crippen LogP contribution in [0.2, 0.25) is 118 Å². The van der Waals surface area contributed by atoms with Crippen LogP contribution in [0.4, 0.5) is 0 Å². The zero-order valence-electron chi connectivity index (χ0n) is 52.5. The van der Waals surface area contributed by atoms with Gasteiger partial charge >= 0.3 is 373 Å². The van der Waals surface area contributed by atoms with Gasteiger partial charge in [0, 0.05) is 13.1 Å². The first-order chi connectivity index (χ1) is 25.8. The topological polar surface area (TPSA) is 24.2 Å². The van der Waals surface area contributed by atoms with E-state index in [1.807, 2.05) is 0 Å². The summed E-state index contributed by atoms with van der Waals surface area (Å²) in [6.45, 7) is 48.3. The van der Waals surface area contributed by atoms with Crippen LogP contribution in [0.1, 0.15) is 39.5 Å². The second-order valence-corrected chi connectivity index (χ2v) is 94.4. The molecule has 0 aliphatic carbocycles. The Morgan fingerprint density at radius 3 is 0.429 bits per heavy atom. The summed E-state index contributed by atoms with van der Waals surface area (Å²) in [7, 11) is 25.8. The molecule has 0 saturated heterocycles. The molecule has 0 aliphatic rings. The van der Waals surface area contributed by atoms with Gasteiger partial charge in [0.15, 0.2) is 0 Å². The normalized spacial score (nSPS) is 9.77. The minimum atomic E-state index is -0.736. The van der Waals surface area contributed by atoms with Crippen LogP contribution in [0, 0.1) is 0 Å². The Kier molecular flexibility index (Phi) is 173. The molecule has 0 spiro atoms. The van der Waals surface area contributed by atoms with E-state index >= 15 is 0 Å². The predicted octanol–water partition coefficient (Wildman–Crippen LogP) is -3.96. The zero-order chi connectivity index (χ0) is 51.5. The average molecular weight is 1880 g/mol. The Balaban J connectivity index is -0.0000000218. The van der Waals surface area contributed by atoms with Gasteiger partial charge in [0.25, 0.3) is 0 Å². The van der Waals surface area contributed by atoms with E-state index in [1.54, 1.807) is 0 Å². The first-order valence-corrected chi connectivity index (χ1v) is 58.3. The molecule has 0 aromatic carbocycles. The Labute approximate surface area is 607 Å². The van der Waals surface area contributed by atoms with Crippen LogP contribution < -0.4 is 57.3 Å². The molecule has 429 valence electrons. The van der Waals surface area contributed by atoms with E-state index < -0.39 is 40.1 Å². The summed E-state index contributed by atoms with van der Waals surface area (Å²) in [5, 5.41) is 0. The first kappa shape index (κ1) is 138. The van der Waals surface area contributed by atoms with Crippen LogP contribution in [0.15, 0.2) is 0 Å². The smallest absolute Gasteiger partial charge is 2.00 e. The second-order valence-electron chi connectivity index (χ2n) is 22.8. The summed E-state index contributed by atoms with van der Waals surface area (Å²) < 4.78 is 0. The quantitative estimate of drug-likeness (QED) is 0.119. The van der Waals surface area contributed by atoms with Crippen molar-refractivity contribution >= 4 is 184 Å². The summed E-state index contributed by atoms with van der Waals surface area (Å²) in [5.41, 5.74) is 0. The molecule has 0 bridgehead atoms. The fourth-order valence-corrected chi connectivity index (χ4v) is 1.90. The maximum absolute atomic E-state index is 3.12. The molecular weight excluding hydrogens is 1760 g/mol. The van der Waals surface area contributed by atoms with Crippen molar-refractivity contribution in [2.45, 2.75) is 157 Å². The van der Waals surface area contributed by atoms with E-state index in [4.69, 9.17) is 0 Å². The molecule has 70 heavy (non-hydrogen) atoms. The van der Waals surface area contributed by atoms with E-state index in [0.717, 1.165) is 13.1 Å². The van der Waals surface area contributed by atoms with Gasteiger partial charge in [0.1, 0.15) is 26.2 Å². The zero-order valence-corrected chi connectivity index (χ0v) is 79.8. The summed E-state index contributed by atoms with van der Waals surface area (Å²) in [6.07, 6.45) is 5.54. The van der Waals surface area contributed by atoms with Crippen LogP contribution in [0.5, 0.6) is 0 Å². The Morgan fingerprint density at radius 1 is 0.300 bits per heavy atom. The molecule has 0 saturated carbocycles. The molecular formula is C42H120Li2Mn5N6Se9Si6+4. The van der Waals surface area contributed by atoms with E-state index in [9.17, 15) is 0 Å². The molecule has 0 amide bonds. The van der Waals surface area contributed by atoms with Gasteiger partial charge in [-0.2, -0.15) is 0 Å². The van der Waals surface area contributed by atoms with Crippen molar-refractivity contribution in [1.29, 1.82) is 0 Å². The van der Waals surface area contributed by atoms with Crippen molar-refractivity contribution in [2.24, 2.45) is 0 Å². The number of hydrogen-bond acceptors (Lipinski definition) is 2. The van der Waals surface area contributed by atoms with Gasteiger partial charge < -0.3 is 80.6 Å². The molecule has 0 fully saturated rings. The average Bonchev–Trinajstić information content (AvgIpc) is 2.88. The SMILES string of the molecule is CCCCCC.CN(C)CCN(C)C.C[NH+](C)CC[NH+](C)C.C[NH+](C)CC[NH+](C)C.C[Si](C)(C)[Se-].C[Si](C)(C)[Se-].C[Si](C)(C)[Se-].C[Si](C)(C)[Se-].C[Si](C)(C)[Se-].C[Si](C)(C)[Se-].[Li+].[Li+].[Mn+2].[Mn+2].[Mn+2].[Mn+2].[Mn+2].[Se-2].[Se-2].[Se-2]. The fraction of sp³-hybridized carbons (Fsp3) is 1.00. The monoisotopic (exact) mass is 1880 g/mol. The number of nitrogens with zero attached hydrogens (tertiary/aromatic N) is 2. The number of rotatable bonds is 12. The maximum atomic E-state index is 3.12. The van der Waals surface area contributed by atoms with E-state index in [1.165, 1.54) is 71.5 Å². The molecule has 0 aliphatic heterocycles. The Hall–Kier alpha value is 9.53. The number of unbranched alkanes of at least 4 members (excludes halogenated alkanes) is 3. The minimum absolute atomic E-state index is 0. The maximum Gasteiger partial charge on any atom is 2.00 e. The van der Waals surface area contributed by atoms with Gasteiger partial charge in [-0.15, -0.1) is 0 Å². The van der Waals surface area contributed by atoms with Gasteiger partial charge in [-0.3, -0.25) is 0 Å². The standard InChI is InChI=1S/3C6H16N2.C6H14.6C3H9SeSi.2Li.5Mn.3Se/c3*1-7(2)5-6-8(3)4;1-3-5-6-4-2;6*1-5(2,3)4;;;;;;;;;;/h3*5-6H2,1-4H3;3-6H2,1-2H3;6*1-3H3;;;;;;;;;;/q;;;;6*-1;2*+1;5*+2;3*-2/p+4. The van der Waals surface area contributed by atoms with Gasteiger partial charge in [0.2, 0.25) is 0 Å². The van der Waals surface area contributed by atoms with Crippen LogP contribution >= 0.6 is 0 Å². The molecule has 0 rings (SSSR count). The summed E-state index contributed by atoms with van der Waals surface area (Å²) in [6, 6.07) is 0. The summed E-state index contributed by atoms with van der Waals surface area (Å²) in [4.78, 5) is 10.5. The van der Waals surface area contributed by atoms with Gasteiger partial charge in [0.05, 0.1) is 56.4 Å². The molecule has 4 N–H and O–H groups in total. The van der Waals surface area contributed by atoms with Crippen LogP contribution in [0.25, 0.3) is 0 Å². The number of hydrogen-bond donors (Lipinski definition) is 4. The van der Waals surface area contributed by atoms with Gasteiger partial charge in [-0.1, -0.05) is 39.5 Å². The van der Waals surface area contributed by atoms with Crippen molar-refractivity contribution in [2.75, 3.05) is 124 Å². The van der Waals surface area contributed by atoms with Crippen molar-refractivity contribution in [3.63, 3.8) is 0 Å². The predicted molar refractivity (Wildman–Crippen MR) is 329 cm³/mol. The number of nitrogens with one attached hydrogen (secondary N) is 4. The molecule has 5 radical (unpaired) electrons. The van der Waals surface area contributed by atoms with Gasteiger partial charge in [-0.25, -0.2) is 0 Å². The molecule has 28 heteroatoms. The first-order valence-electron chi connectivity index (χ1n) is 22.5. The third-order valence-corrected chi connectivity index (χ3v) is 4.20. The third kappa shape index (κ3) is 599. The molecule has 0 aromatic rings. The largest absolute Gasteiger partial charge is 2.00 e. The Morgan fingerprint density at radius 2 is 0.386 bits per heavy atom. The number of likely N-dealkylation sites (N-methyl/N-ethyl adjacent to an activating group) is 6. The van der Waals surface area contributed by atoms with E-state index in [-0.39, 0.29) is 174 Å². The van der Waals surface area contributed by atoms with E-state index in [2.05, 4.69) is 318 Å². The fourth-order valence-electron chi connectivity index (χ4n) is 1.90. The molecule has 0 unspecified atom stereocenters. The minimum Gasteiger partial charge on any atom is -2.00 e. The molecule has 6 nitrogen and oxygen atoms in total. The molecule has 0 aromatic heterocycles. The second kappa shape index (κ2) is 87.3. The van der Waals surface area contributed by atoms with Crippen LogP contribution in [-0.2, 0) is 85.3 Å². The summed E-state index contributed by atoms with van der Waals surface area (Å²) >= 11 is 18.7. The van der Waals surface area contributed by atoms with E-state index in [0.29, 0.717) is 0 Å².